The Labute approximate surface area is 179 Å². The van der Waals surface area contributed by atoms with Gasteiger partial charge in [0.1, 0.15) is 5.82 Å². The van der Waals surface area contributed by atoms with E-state index in [-0.39, 0.29) is 22.9 Å². The number of anilines is 1. The molecule has 0 aliphatic carbocycles. The van der Waals surface area contributed by atoms with E-state index in [4.69, 9.17) is 0 Å². The number of carbonyl (C=O) groups excluding carboxylic acids is 1. The quantitative estimate of drug-likeness (QED) is 0.685. The fourth-order valence-corrected chi connectivity index (χ4v) is 3.90. The summed E-state index contributed by atoms with van der Waals surface area (Å²) >= 11 is 0. The van der Waals surface area contributed by atoms with Crippen LogP contribution in [0.3, 0.4) is 0 Å². The van der Waals surface area contributed by atoms with Crippen LogP contribution in [0.15, 0.2) is 40.1 Å². The second-order valence-corrected chi connectivity index (χ2v) is 7.92. The van der Waals surface area contributed by atoms with Gasteiger partial charge in [0.05, 0.1) is 10.9 Å². The maximum atomic E-state index is 13.5. The first-order valence-corrected chi connectivity index (χ1v) is 10.5. The molecule has 3 aromatic heterocycles. The second-order valence-electron chi connectivity index (χ2n) is 7.92. The summed E-state index contributed by atoms with van der Waals surface area (Å²) in [4.78, 5) is 53.6. The summed E-state index contributed by atoms with van der Waals surface area (Å²) in [7, 11) is 0. The Balaban J connectivity index is 1.73. The van der Waals surface area contributed by atoms with Gasteiger partial charge >= 0.3 is 5.69 Å². The first-order chi connectivity index (χ1) is 14.9. The normalized spacial score (nSPS) is 14.5. The lowest BCUT2D eigenvalue weighted by atomic mass is 10.0. The molecule has 9 heteroatoms. The highest BCUT2D eigenvalue weighted by Crippen LogP contribution is 2.22. The van der Waals surface area contributed by atoms with Gasteiger partial charge in [0.2, 0.25) is 0 Å². The molecule has 0 spiro atoms. The van der Waals surface area contributed by atoms with Crippen molar-refractivity contribution in [3.05, 3.63) is 62.6 Å². The maximum absolute atomic E-state index is 13.5. The van der Waals surface area contributed by atoms with E-state index in [0.717, 1.165) is 5.82 Å². The molecule has 1 amide bonds. The average molecular weight is 422 g/mol. The number of nitrogens with zero attached hydrogens (tertiary/aromatic N) is 5. The molecule has 4 heterocycles. The number of pyridine rings is 2. The Bertz CT molecular complexity index is 1220. The minimum absolute atomic E-state index is 0.0386. The first kappa shape index (κ1) is 20.8. The highest BCUT2D eigenvalue weighted by atomic mass is 16.2. The monoisotopic (exact) mass is 422 g/mol. The van der Waals surface area contributed by atoms with Crippen molar-refractivity contribution in [2.45, 2.75) is 33.2 Å². The largest absolute Gasteiger partial charge is 0.353 e. The zero-order valence-corrected chi connectivity index (χ0v) is 18.0. The molecule has 1 saturated heterocycles. The minimum atomic E-state index is -0.581. The topological polar surface area (TPSA) is 104 Å². The Morgan fingerprint density at radius 3 is 2.52 bits per heavy atom. The molecule has 0 radical (unpaired) electrons. The van der Waals surface area contributed by atoms with Crippen LogP contribution in [0, 0.1) is 0 Å². The standard InChI is InChI=1S/C22H26N6O3/c1-4-28-19-18(20(29)25-22(28)31)15(13-16(24-19)14(2)3)21(30)27-11-9-26(10-12-27)17-7-5-6-8-23-17/h5-8,13-14H,4,9-12H2,1-3H3,(H,25,29,31). The van der Waals surface area contributed by atoms with E-state index >= 15 is 0 Å². The van der Waals surface area contributed by atoms with Gasteiger partial charge in [-0.3, -0.25) is 19.1 Å². The van der Waals surface area contributed by atoms with Crippen molar-refractivity contribution < 1.29 is 4.79 Å². The maximum Gasteiger partial charge on any atom is 0.329 e. The van der Waals surface area contributed by atoms with Crippen LogP contribution >= 0.6 is 0 Å². The third kappa shape index (κ3) is 3.83. The lowest BCUT2D eigenvalue weighted by Crippen LogP contribution is -2.49. The van der Waals surface area contributed by atoms with Gasteiger partial charge in [0.15, 0.2) is 5.65 Å². The van der Waals surface area contributed by atoms with Crippen LogP contribution in [0.1, 0.15) is 42.7 Å². The highest BCUT2D eigenvalue weighted by Gasteiger charge is 2.27. The minimum Gasteiger partial charge on any atom is -0.353 e. The van der Waals surface area contributed by atoms with E-state index in [1.807, 2.05) is 32.0 Å². The van der Waals surface area contributed by atoms with Crippen LogP contribution < -0.4 is 16.1 Å². The van der Waals surface area contributed by atoms with Crippen LogP contribution in [0.4, 0.5) is 5.82 Å². The number of H-pyrrole nitrogens is 1. The number of aromatic nitrogens is 4. The number of aromatic amines is 1. The van der Waals surface area contributed by atoms with Gasteiger partial charge in [0.25, 0.3) is 11.5 Å². The van der Waals surface area contributed by atoms with Crippen molar-refractivity contribution in [2.75, 3.05) is 31.1 Å². The zero-order valence-electron chi connectivity index (χ0n) is 18.0. The number of amides is 1. The second kappa shape index (κ2) is 8.33. The molecule has 0 unspecified atom stereocenters. The number of fused-ring (bicyclic) bond motifs is 1. The Morgan fingerprint density at radius 1 is 1.16 bits per heavy atom. The van der Waals surface area contributed by atoms with Crippen LogP contribution in [0.2, 0.25) is 0 Å². The van der Waals surface area contributed by atoms with Crippen molar-refractivity contribution in [3.63, 3.8) is 0 Å². The Hall–Kier alpha value is -3.49. The third-order valence-electron chi connectivity index (χ3n) is 5.65. The van der Waals surface area contributed by atoms with E-state index in [0.29, 0.717) is 44.0 Å². The summed E-state index contributed by atoms with van der Waals surface area (Å²) in [6.45, 7) is 8.42. The molecule has 1 N–H and O–H groups in total. The van der Waals surface area contributed by atoms with Gasteiger partial charge < -0.3 is 9.80 Å². The van der Waals surface area contributed by atoms with Crippen LogP contribution in [0.5, 0.6) is 0 Å². The summed E-state index contributed by atoms with van der Waals surface area (Å²) in [6, 6.07) is 7.46. The van der Waals surface area contributed by atoms with Crippen LogP contribution in [0.25, 0.3) is 11.0 Å². The average Bonchev–Trinajstić information content (AvgIpc) is 2.78. The SMILES string of the molecule is CCn1c(=O)[nH]c(=O)c2c(C(=O)N3CCN(c4ccccn4)CC3)cc(C(C)C)nc21. The lowest BCUT2D eigenvalue weighted by molar-refractivity contribution is 0.0748. The van der Waals surface area contributed by atoms with Crippen molar-refractivity contribution in [3.8, 4) is 0 Å². The number of piperazine rings is 1. The molecule has 0 saturated carbocycles. The van der Waals surface area contributed by atoms with Crippen molar-refractivity contribution in [1.29, 1.82) is 0 Å². The molecular formula is C22H26N6O3. The Kier molecular flexibility index (Phi) is 5.58. The van der Waals surface area contributed by atoms with Crippen molar-refractivity contribution in [1.82, 2.24) is 24.4 Å². The first-order valence-electron chi connectivity index (χ1n) is 10.5. The molecule has 0 atom stereocenters. The Morgan fingerprint density at radius 2 is 1.90 bits per heavy atom. The molecule has 3 aromatic rings. The summed E-state index contributed by atoms with van der Waals surface area (Å²) in [5.74, 6) is 0.702. The van der Waals surface area contributed by atoms with E-state index in [9.17, 15) is 14.4 Å². The summed E-state index contributed by atoms with van der Waals surface area (Å²) in [6.07, 6.45) is 1.75. The predicted molar refractivity (Wildman–Crippen MR) is 119 cm³/mol. The molecule has 0 bridgehead atoms. The third-order valence-corrected chi connectivity index (χ3v) is 5.65. The molecule has 9 nitrogen and oxygen atoms in total. The van der Waals surface area contributed by atoms with Gasteiger partial charge in [-0.25, -0.2) is 14.8 Å². The fourth-order valence-electron chi connectivity index (χ4n) is 3.90. The summed E-state index contributed by atoms with van der Waals surface area (Å²) in [5, 5.41) is 0.169. The number of hydrogen-bond acceptors (Lipinski definition) is 6. The number of rotatable bonds is 4. The van der Waals surface area contributed by atoms with E-state index in [1.165, 1.54) is 4.57 Å². The molecule has 162 valence electrons. The number of nitrogens with one attached hydrogen (secondary N) is 1. The molecule has 1 fully saturated rings. The highest BCUT2D eigenvalue weighted by molar-refractivity contribution is 6.05. The number of carbonyl (C=O) groups is 1. The van der Waals surface area contributed by atoms with Gasteiger partial charge in [-0.15, -0.1) is 0 Å². The van der Waals surface area contributed by atoms with E-state index in [2.05, 4.69) is 19.9 Å². The van der Waals surface area contributed by atoms with Crippen molar-refractivity contribution in [2.24, 2.45) is 0 Å². The fraction of sp³-hybridized carbons (Fsp3) is 0.409. The molecule has 1 aliphatic rings. The molecule has 0 aromatic carbocycles. The summed E-state index contributed by atoms with van der Waals surface area (Å²) in [5.41, 5.74) is 0.135. The smallest absolute Gasteiger partial charge is 0.329 e. The predicted octanol–water partition coefficient (Wildman–Crippen LogP) is 1.59. The zero-order chi connectivity index (χ0) is 22.1. The lowest BCUT2D eigenvalue weighted by Gasteiger charge is -2.35. The van der Waals surface area contributed by atoms with Crippen LogP contribution in [-0.4, -0.2) is 56.5 Å². The van der Waals surface area contributed by atoms with Crippen LogP contribution in [-0.2, 0) is 6.54 Å². The molecular weight excluding hydrogens is 396 g/mol. The van der Waals surface area contributed by atoms with Gasteiger partial charge in [-0.2, -0.15) is 0 Å². The van der Waals surface area contributed by atoms with Gasteiger partial charge in [0, 0.05) is 44.6 Å². The van der Waals surface area contributed by atoms with E-state index < -0.39 is 11.2 Å². The number of hydrogen-bond donors (Lipinski definition) is 1. The molecule has 31 heavy (non-hydrogen) atoms. The molecule has 1 aliphatic heterocycles. The van der Waals surface area contributed by atoms with Gasteiger partial charge in [-0.05, 0) is 31.0 Å². The number of aryl methyl sites for hydroxylation is 1. The van der Waals surface area contributed by atoms with Crippen molar-refractivity contribution >= 4 is 22.8 Å². The van der Waals surface area contributed by atoms with Gasteiger partial charge in [-0.1, -0.05) is 19.9 Å². The molecule has 4 rings (SSSR count). The summed E-state index contributed by atoms with van der Waals surface area (Å²) < 4.78 is 1.40. The van der Waals surface area contributed by atoms with E-state index in [1.54, 1.807) is 24.1 Å².